The van der Waals surface area contributed by atoms with Crippen molar-refractivity contribution in [1.29, 1.82) is 0 Å². The second kappa shape index (κ2) is 9.15. The molecule has 8 nitrogen and oxygen atoms in total. The predicted octanol–water partition coefficient (Wildman–Crippen LogP) is 2.01. The van der Waals surface area contributed by atoms with Crippen molar-refractivity contribution >= 4 is 15.9 Å². The monoisotopic (exact) mass is 420 g/mol. The summed E-state index contributed by atoms with van der Waals surface area (Å²) in [6.07, 6.45) is 0.687. The lowest BCUT2D eigenvalue weighted by atomic mass is 10.0. The predicted molar refractivity (Wildman–Crippen MR) is 107 cm³/mol. The van der Waals surface area contributed by atoms with Gasteiger partial charge in [0.25, 0.3) is 0 Å². The molecule has 0 saturated carbocycles. The van der Waals surface area contributed by atoms with E-state index in [1.165, 1.54) is 32.4 Å². The number of fused-ring (bicyclic) bond motifs is 1. The maximum atomic E-state index is 12.5. The number of carbonyl (C=O) groups excluding carboxylic acids is 1. The highest BCUT2D eigenvalue weighted by Crippen LogP contribution is 2.31. The second-order valence-corrected chi connectivity index (χ2v) is 8.23. The van der Waals surface area contributed by atoms with Gasteiger partial charge in [0.2, 0.25) is 15.9 Å². The molecule has 3 rings (SSSR count). The van der Waals surface area contributed by atoms with Crippen molar-refractivity contribution in [2.45, 2.75) is 23.8 Å². The summed E-state index contributed by atoms with van der Waals surface area (Å²) in [5, 5.41) is 2.94. The Balaban J connectivity index is 1.56. The third-order valence-electron chi connectivity index (χ3n) is 4.60. The number of carbonyl (C=O) groups is 1. The number of hydrogen-bond acceptors (Lipinski definition) is 6. The Kier molecular flexibility index (Phi) is 6.60. The SMILES string of the molecule is COc1ccc(S(=O)(=O)NCCC(=O)N[C@@H]2CCOc3ccccc32)cc1OC. The Labute approximate surface area is 170 Å². The number of ether oxygens (including phenoxy) is 3. The van der Waals surface area contributed by atoms with Crippen LogP contribution in [0.25, 0.3) is 0 Å². The molecule has 0 aliphatic carbocycles. The van der Waals surface area contributed by atoms with E-state index < -0.39 is 10.0 Å². The largest absolute Gasteiger partial charge is 0.493 e. The van der Waals surface area contributed by atoms with E-state index in [2.05, 4.69) is 10.0 Å². The Bertz CT molecular complexity index is 977. The summed E-state index contributed by atoms with van der Waals surface area (Å²) < 4.78 is 43.2. The Morgan fingerprint density at radius 2 is 1.90 bits per heavy atom. The van der Waals surface area contributed by atoms with Gasteiger partial charge in [0.1, 0.15) is 5.75 Å². The maximum absolute atomic E-state index is 12.5. The minimum atomic E-state index is -3.78. The van der Waals surface area contributed by atoms with E-state index in [0.717, 1.165) is 11.3 Å². The summed E-state index contributed by atoms with van der Waals surface area (Å²) in [6.45, 7) is 0.501. The molecule has 2 aromatic rings. The third kappa shape index (κ3) is 4.99. The fraction of sp³-hybridized carbons (Fsp3) is 0.350. The van der Waals surface area contributed by atoms with Crippen molar-refractivity contribution in [3.8, 4) is 17.2 Å². The number of amides is 1. The number of methoxy groups -OCH3 is 2. The molecule has 1 atom stereocenters. The van der Waals surface area contributed by atoms with Crippen LogP contribution in [0, 0.1) is 0 Å². The lowest BCUT2D eigenvalue weighted by molar-refractivity contribution is -0.121. The average molecular weight is 420 g/mol. The van der Waals surface area contributed by atoms with Gasteiger partial charge < -0.3 is 19.5 Å². The van der Waals surface area contributed by atoms with Gasteiger partial charge in [-0.25, -0.2) is 13.1 Å². The lowest BCUT2D eigenvalue weighted by Gasteiger charge is -2.26. The third-order valence-corrected chi connectivity index (χ3v) is 6.06. The van der Waals surface area contributed by atoms with Crippen LogP contribution in [0.5, 0.6) is 17.2 Å². The Morgan fingerprint density at radius 1 is 1.14 bits per heavy atom. The minimum Gasteiger partial charge on any atom is -0.493 e. The normalized spacial score (nSPS) is 15.7. The van der Waals surface area contributed by atoms with Crippen molar-refractivity contribution in [3.05, 3.63) is 48.0 Å². The zero-order valence-electron chi connectivity index (χ0n) is 16.3. The van der Waals surface area contributed by atoms with Gasteiger partial charge in [-0.2, -0.15) is 0 Å². The summed E-state index contributed by atoms with van der Waals surface area (Å²) in [5.74, 6) is 1.27. The van der Waals surface area contributed by atoms with Crippen molar-refractivity contribution < 1.29 is 27.4 Å². The fourth-order valence-corrected chi connectivity index (χ4v) is 4.17. The van der Waals surface area contributed by atoms with Gasteiger partial charge in [0.15, 0.2) is 11.5 Å². The van der Waals surface area contributed by atoms with E-state index in [0.29, 0.717) is 24.5 Å². The van der Waals surface area contributed by atoms with Gasteiger partial charge in [0.05, 0.1) is 31.8 Å². The topological polar surface area (TPSA) is 103 Å². The molecular formula is C20H24N2O6S. The zero-order chi connectivity index (χ0) is 20.9. The minimum absolute atomic E-state index is 0.0199. The molecule has 0 radical (unpaired) electrons. The van der Waals surface area contributed by atoms with Crippen LogP contribution in [0.4, 0.5) is 0 Å². The fourth-order valence-electron chi connectivity index (χ4n) is 3.12. The molecule has 0 spiro atoms. The summed E-state index contributed by atoms with van der Waals surface area (Å²) >= 11 is 0. The van der Waals surface area contributed by atoms with E-state index in [-0.39, 0.29) is 29.8 Å². The summed E-state index contributed by atoms with van der Waals surface area (Å²) in [4.78, 5) is 12.3. The van der Waals surface area contributed by atoms with Crippen molar-refractivity contribution in [2.24, 2.45) is 0 Å². The smallest absolute Gasteiger partial charge is 0.240 e. The Morgan fingerprint density at radius 3 is 2.66 bits per heavy atom. The van der Waals surface area contributed by atoms with Crippen LogP contribution in [0.15, 0.2) is 47.4 Å². The molecule has 1 aliphatic heterocycles. The molecular weight excluding hydrogens is 396 g/mol. The molecule has 0 unspecified atom stereocenters. The highest BCUT2D eigenvalue weighted by atomic mass is 32.2. The van der Waals surface area contributed by atoms with Crippen LogP contribution in [0.2, 0.25) is 0 Å². The van der Waals surface area contributed by atoms with Crippen LogP contribution in [-0.4, -0.2) is 41.7 Å². The highest BCUT2D eigenvalue weighted by molar-refractivity contribution is 7.89. The molecule has 1 aliphatic rings. The quantitative estimate of drug-likeness (QED) is 0.677. The molecule has 2 N–H and O–H groups in total. The van der Waals surface area contributed by atoms with Gasteiger partial charge in [-0.15, -0.1) is 0 Å². The first kappa shape index (κ1) is 20.9. The number of benzene rings is 2. The van der Waals surface area contributed by atoms with Gasteiger partial charge in [-0.1, -0.05) is 18.2 Å². The van der Waals surface area contributed by atoms with Crippen LogP contribution in [0.1, 0.15) is 24.4 Å². The lowest BCUT2D eigenvalue weighted by Crippen LogP contribution is -2.35. The van der Waals surface area contributed by atoms with Crippen molar-refractivity contribution in [1.82, 2.24) is 10.0 Å². The zero-order valence-corrected chi connectivity index (χ0v) is 17.1. The summed E-state index contributed by atoms with van der Waals surface area (Å²) in [5.41, 5.74) is 0.929. The molecule has 0 bridgehead atoms. The molecule has 2 aromatic carbocycles. The maximum Gasteiger partial charge on any atom is 0.240 e. The second-order valence-electron chi connectivity index (χ2n) is 6.46. The van der Waals surface area contributed by atoms with Gasteiger partial charge in [-0.05, 0) is 18.2 Å². The molecule has 1 amide bonds. The number of para-hydroxylation sites is 1. The van der Waals surface area contributed by atoms with E-state index >= 15 is 0 Å². The molecule has 9 heteroatoms. The molecule has 0 fully saturated rings. The summed E-state index contributed by atoms with van der Waals surface area (Å²) in [6, 6.07) is 11.7. The molecule has 0 aromatic heterocycles. The van der Waals surface area contributed by atoms with E-state index in [4.69, 9.17) is 14.2 Å². The standard InChI is InChI=1S/C20H24N2O6S/c1-26-18-8-7-14(13-19(18)27-2)29(24,25)21-11-9-20(23)22-16-10-12-28-17-6-4-3-5-15(16)17/h3-8,13,16,21H,9-12H2,1-2H3,(H,22,23)/t16-/m1/s1. The van der Waals surface area contributed by atoms with Gasteiger partial charge in [-0.3, -0.25) is 4.79 Å². The van der Waals surface area contributed by atoms with Crippen LogP contribution < -0.4 is 24.2 Å². The average Bonchev–Trinajstić information content (AvgIpc) is 2.73. The number of rotatable bonds is 8. The van der Waals surface area contributed by atoms with E-state index in [1.807, 2.05) is 24.3 Å². The molecule has 29 heavy (non-hydrogen) atoms. The number of hydrogen-bond donors (Lipinski definition) is 2. The van der Waals surface area contributed by atoms with Gasteiger partial charge >= 0.3 is 0 Å². The van der Waals surface area contributed by atoms with Crippen LogP contribution >= 0.6 is 0 Å². The first-order chi connectivity index (χ1) is 13.9. The first-order valence-corrected chi connectivity index (χ1v) is 10.7. The van der Waals surface area contributed by atoms with E-state index in [1.54, 1.807) is 0 Å². The molecule has 0 saturated heterocycles. The van der Waals surface area contributed by atoms with Crippen LogP contribution in [-0.2, 0) is 14.8 Å². The Hall–Kier alpha value is -2.78. The van der Waals surface area contributed by atoms with Gasteiger partial charge in [0, 0.05) is 31.0 Å². The van der Waals surface area contributed by atoms with E-state index in [9.17, 15) is 13.2 Å². The van der Waals surface area contributed by atoms with Crippen molar-refractivity contribution in [3.63, 3.8) is 0 Å². The highest BCUT2D eigenvalue weighted by Gasteiger charge is 2.23. The number of nitrogens with one attached hydrogen (secondary N) is 2. The van der Waals surface area contributed by atoms with Crippen molar-refractivity contribution in [2.75, 3.05) is 27.4 Å². The van der Waals surface area contributed by atoms with Crippen LogP contribution in [0.3, 0.4) is 0 Å². The number of sulfonamides is 1. The first-order valence-electron chi connectivity index (χ1n) is 9.17. The molecule has 1 heterocycles. The molecule has 156 valence electrons. The summed E-state index contributed by atoms with van der Waals surface area (Å²) in [7, 11) is -0.878.